The van der Waals surface area contributed by atoms with Crippen LogP contribution in [0, 0.1) is 0 Å². The molecule has 0 aliphatic heterocycles. The number of hydrogen-bond acceptors (Lipinski definition) is 2. The lowest BCUT2D eigenvalue weighted by molar-refractivity contribution is -0.121. The van der Waals surface area contributed by atoms with Gasteiger partial charge in [0.1, 0.15) is 0 Å². The Morgan fingerprint density at radius 2 is 2.00 bits per heavy atom. The molecule has 0 fully saturated rings. The number of benzene rings is 1. The van der Waals surface area contributed by atoms with E-state index in [0.717, 1.165) is 18.7 Å². The van der Waals surface area contributed by atoms with Crippen LogP contribution in [0.25, 0.3) is 0 Å². The Kier molecular flexibility index (Phi) is 10.1. The summed E-state index contributed by atoms with van der Waals surface area (Å²) in [6, 6.07) is 5.34. The summed E-state index contributed by atoms with van der Waals surface area (Å²) in [6.07, 6.45) is 1.07. The zero-order chi connectivity index (χ0) is 13.4. The lowest BCUT2D eigenvalue weighted by Crippen LogP contribution is -2.31. The maximum Gasteiger partial charge on any atom is 0.220 e. The number of rotatable bonds is 7. The van der Waals surface area contributed by atoms with Gasteiger partial charge in [-0.15, -0.1) is 12.4 Å². The fourth-order valence-electron chi connectivity index (χ4n) is 1.53. The third-order valence-corrected chi connectivity index (χ3v) is 3.10. The molecule has 0 radical (unpaired) electrons. The molecule has 2 N–H and O–H groups in total. The molecule has 1 aromatic carbocycles. The normalized spacial score (nSPS) is 9.84. The van der Waals surface area contributed by atoms with Crippen LogP contribution in [0.2, 0.25) is 10.0 Å². The van der Waals surface area contributed by atoms with Crippen molar-refractivity contribution in [1.82, 2.24) is 10.6 Å². The average molecular weight is 326 g/mol. The molecule has 1 rings (SSSR count). The van der Waals surface area contributed by atoms with Gasteiger partial charge >= 0.3 is 0 Å². The molecule has 0 atom stereocenters. The number of halogens is 3. The van der Waals surface area contributed by atoms with E-state index < -0.39 is 0 Å². The molecule has 1 amide bonds. The molecule has 0 heterocycles. The predicted octanol–water partition coefficient (Wildman–Crippen LogP) is 3.07. The van der Waals surface area contributed by atoms with Crippen molar-refractivity contribution in [2.75, 3.05) is 19.6 Å². The first-order chi connectivity index (χ1) is 8.63. The third kappa shape index (κ3) is 7.63. The van der Waals surface area contributed by atoms with Crippen LogP contribution in [0.1, 0.15) is 18.9 Å². The average Bonchev–Trinajstić information content (AvgIpc) is 2.33. The SMILES string of the molecule is CCNCCNC(=O)CCc1ccc(Cl)cc1Cl.Cl. The smallest absolute Gasteiger partial charge is 0.220 e. The Morgan fingerprint density at radius 1 is 1.26 bits per heavy atom. The fourth-order valence-corrected chi connectivity index (χ4v) is 2.03. The van der Waals surface area contributed by atoms with E-state index in [1.807, 2.05) is 13.0 Å². The second-order valence-electron chi connectivity index (χ2n) is 3.94. The van der Waals surface area contributed by atoms with Gasteiger partial charge in [0.25, 0.3) is 0 Å². The standard InChI is InChI=1S/C13H18Cl2N2O.ClH/c1-2-16-7-8-17-13(18)6-4-10-3-5-11(14)9-12(10)15;/h3,5,9,16H,2,4,6-8H2,1H3,(H,17,18);1H. The summed E-state index contributed by atoms with van der Waals surface area (Å²) in [5.74, 6) is 0.0407. The first kappa shape index (κ1) is 18.5. The minimum Gasteiger partial charge on any atom is -0.355 e. The summed E-state index contributed by atoms with van der Waals surface area (Å²) in [4.78, 5) is 11.5. The minimum absolute atomic E-state index is 0. The largest absolute Gasteiger partial charge is 0.355 e. The Hall–Kier alpha value is -0.480. The predicted molar refractivity (Wildman–Crippen MR) is 83.6 cm³/mol. The van der Waals surface area contributed by atoms with E-state index in [2.05, 4.69) is 10.6 Å². The number of nitrogens with one attached hydrogen (secondary N) is 2. The Bertz CT molecular complexity index is 399. The van der Waals surface area contributed by atoms with Crippen molar-refractivity contribution in [1.29, 1.82) is 0 Å². The van der Waals surface area contributed by atoms with E-state index >= 15 is 0 Å². The van der Waals surface area contributed by atoms with Crippen LogP contribution in [0.5, 0.6) is 0 Å². The fraction of sp³-hybridized carbons (Fsp3) is 0.462. The maximum absolute atomic E-state index is 11.5. The molecule has 1 aromatic rings. The Labute approximate surface area is 130 Å². The molecule has 0 saturated carbocycles. The summed E-state index contributed by atoms with van der Waals surface area (Å²) < 4.78 is 0. The van der Waals surface area contributed by atoms with Gasteiger partial charge in [0.2, 0.25) is 5.91 Å². The molecule has 6 heteroatoms. The Morgan fingerprint density at radius 3 is 2.63 bits per heavy atom. The molecule has 0 unspecified atom stereocenters. The zero-order valence-electron chi connectivity index (χ0n) is 10.8. The van der Waals surface area contributed by atoms with Crippen molar-refractivity contribution in [2.24, 2.45) is 0 Å². The number of amides is 1. The second-order valence-corrected chi connectivity index (χ2v) is 4.78. The van der Waals surface area contributed by atoms with Crippen molar-refractivity contribution in [3.05, 3.63) is 33.8 Å². The highest BCUT2D eigenvalue weighted by molar-refractivity contribution is 6.35. The highest BCUT2D eigenvalue weighted by atomic mass is 35.5. The summed E-state index contributed by atoms with van der Waals surface area (Å²) in [7, 11) is 0. The van der Waals surface area contributed by atoms with Crippen molar-refractivity contribution in [3.63, 3.8) is 0 Å². The van der Waals surface area contributed by atoms with Crippen LogP contribution in [-0.2, 0) is 11.2 Å². The molecule has 0 aliphatic carbocycles. The molecule has 0 aliphatic rings. The van der Waals surface area contributed by atoms with Crippen molar-refractivity contribution >= 4 is 41.5 Å². The van der Waals surface area contributed by atoms with E-state index in [9.17, 15) is 4.79 Å². The number of carbonyl (C=O) groups is 1. The molecule has 0 saturated heterocycles. The molecule has 19 heavy (non-hydrogen) atoms. The van der Waals surface area contributed by atoms with Crippen LogP contribution in [-0.4, -0.2) is 25.5 Å². The summed E-state index contributed by atoms with van der Waals surface area (Å²) in [6.45, 7) is 4.39. The molecule has 0 bridgehead atoms. The van der Waals surface area contributed by atoms with Crippen molar-refractivity contribution < 1.29 is 4.79 Å². The zero-order valence-corrected chi connectivity index (χ0v) is 13.2. The van der Waals surface area contributed by atoms with Crippen LogP contribution >= 0.6 is 35.6 Å². The summed E-state index contributed by atoms with van der Waals surface area (Å²) in [5.41, 5.74) is 0.947. The first-order valence-corrected chi connectivity index (χ1v) is 6.80. The van der Waals surface area contributed by atoms with E-state index in [-0.39, 0.29) is 18.3 Å². The number of carbonyl (C=O) groups excluding carboxylic acids is 1. The van der Waals surface area contributed by atoms with Gasteiger partial charge < -0.3 is 10.6 Å². The molecule has 0 aromatic heterocycles. The lowest BCUT2D eigenvalue weighted by Gasteiger charge is -2.07. The van der Waals surface area contributed by atoms with Crippen LogP contribution < -0.4 is 10.6 Å². The first-order valence-electron chi connectivity index (χ1n) is 6.04. The number of likely N-dealkylation sites (N-methyl/N-ethyl adjacent to an activating group) is 1. The number of aryl methyl sites for hydroxylation is 1. The molecule has 108 valence electrons. The molecule has 3 nitrogen and oxygen atoms in total. The highest BCUT2D eigenvalue weighted by Crippen LogP contribution is 2.21. The van der Waals surface area contributed by atoms with Crippen LogP contribution in [0.3, 0.4) is 0 Å². The van der Waals surface area contributed by atoms with Crippen LogP contribution in [0.15, 0.2) is 18.2 Å². The molecule has 0 spiro atoms. The molecular weight excluding hydrogens is 307 g/mol. The van der Waals surface area contributed by atoms with E-state index in [1.165, 1.54) is 0 Å². The summed E-state index contributed by atoms with van der Waals surface area (Å²) in [5, 5.41) is 7.21. The highest BCUT2D eigenvalue weighted by Gasteiger charge is 2.05. The van der Waals surface area contributed by atoms with Gasteiger partial charge in [-0.2, -0.15) is 0 Å². The van der Waals surface area contributed by atoms with Gasteiger partial charge in [0.05, 0.1) is 0 Å². The topological polar surface area (TPSA) is 41.1 Å². The van der Waals surface area contributed by atoms with Crippen LogP contribution in [0.4, 0.5) is 0 Å². The maximum atomic E-state index is 11.5. The lowest BCUT2D eigenvalue weighted by atomic mass is 10.1. The summed E-state index contributed by atoms with van der Waals surface area (Å²) >= 11 is 11.8. The van der Waals surface area contributed by atoms with E-state index in [1.54, 1.807) is 12.1 Å². The monoisotopic (exact) mass is 324 g/mol. The van der Waals surface area contributed by atoms with Gasteiger partial charge in [0.15, 0.2) is 0 Å². The molecular formula is C13H19Cl3N2O. The van der Waals surface area contributed by atoms with Gasteiger partial charge in [-0.05, 0) is 30.7 Å². The second kappa shape index (κ2) is 10.3. The van der Waals surface area contributed by atoms with Gasteiger partial charge in [0, 0.05) is 29.6 Å². The number of hydrogen-bond donors (Lipinski definition) is 2. The van der Waals surface area contributed by atoms with Gasteiger partial charge in [-0.25, -0.2) is 0 Å². The third-order valence-electron chi connectivity index (χ3n) is 2.51. The minimum atomic E-state index is 0. The Balaban J connectivity index is 0.00000324. The van der Waals surface area contributed by atoms with E-state index in [4.69, 9.17) is 23.2 Å². The van der Waals surface area contributed by atoms with Crippen molar-refractivity contribution in [3.8, 4) is 0 Å². The van der Waals surface area contributed by atoms with Crippen molar-refractivity contribution in [2.45, 2.75) is 19.8 Å². The van der Waals surface area contributed by atoms with Gasteiger partial charge in [-0.1, -0.05) is 36.2 Å². The van der Waals surface area contributed by atoms with Gasteiger partial charge in [-0.3, -0.25) is 4.79 Å². The quantitative estimate of drug-likeness (QED) is 0.757. The van der Waals surface area contributed by atoms with E-state index in [0.29, 0.717) is 29.4 Å².